The molecule has 0 atom stereocenters. The lowest BCUT2D eigenvalue weighted by Gasteiger charge is -2.08. The molecule has 0 saturated carbocycles. The number of nitrogens with one attached hydrogen (secondary N) is 1. The number of aryl methyl sites for hydroxylation is 1. The van der Waals surface area contributed by atoms with E-state index in [4.69, 9.17) is 27.9 Å². The molecule has 142 valence electrons. The van der Waals surface area contributed by atoms with Gasteiger partial charge in [-0.3, -0.25) is 9.59 Å². The largest absolute Gasteiger partial charge is 0.427 e. The quantitative estimate of drug-likeness (QED) is 0.411. The van der Waals surface area contributed by atoms with Gasteiger partial charge >= 0.3 is 5.97 Å². The summed E-state index contributed by atoms with van der Waals surface area (Å²) in [4.78, 5) is 24.3. The van der Waals surface area contributed by atoms with E-state index in [9.17, 15) is 9.59 Å². The van der Waals surface area contributed by atoms with E-state index in [-0.39, 0.29) is 18.3 Å². The molecular weight excluding hydrogens is 397 g/mol. The van der Waals surface area contributed by atoms with Crippen molar-refractivity contribution in [2.45, 2.75) is 12.8 Å². The third kappa shape index (κ3) is 5.59. The number of rotatable bonds is 6. The van der Waals surface area contributed by atoms with Crippen LogP contribution in [-0.4, -0.2) is 11.9 Å². The van der Waals surface area contributed by atoms with Crippen LogP contribution in [0, 0.1) is 0 Å². The van der Waals surface area contributed by atoms with Gasteiger partial charge in [-0.1, -0.05) is 47.5 Å². The van der Waals surface area contributed by atoms with Crippen molar-refractivity contribution < 1.29 is 14.3 Å². The van der Waals surface area contributed by atoms with Crippen LogP contribution in [0.15, 0.2) is 72.8 Å². The number of hydrogen-bond acceptors (Lipinski definition) is 3. The molecular formula is C22H17Cl2NO3. The minimum absolute atomic E-state index is 0.241. The van der Waals surface area contributed by atoms with Gasteiger partial charge in [0.1, 0.15) is 5.75 Å². The number of benzene rings is 3. The monoisotopic (exact) mass is 413 g/mol. The van der Waals surface area contributed by atoms with Gasteiger partial charge in [0, 0.05) is 17.1 Å². The van der Waals surface area contributed by atoms with E-state index in [0.29, 0.717) is 33.5 Å². The standard InChI is InChI=1S/C22H17Cl2NO3/c23-16-5-3-4-15(14-16)8-13-21(26)28-18-11-9-17(10-12-18)25-22(27)19-6-1-2-7-20(19)24/h1-7,9-12,14H,8,13H2,(H,25,27). The van der Waals surface area contributed by atoms with Gasteiger partial charge in [-0.05, 0) is 60.5 Å². The van der Waals surface area contributed by atoms with Crippen LogP contribution >= 0.6 is 23.2 Å². The zero-order valence-electron chi connectivity index (χ0n) is 14.8. The van der Waals surface area contributed by atoms with Crippen LogP contribution in [0.25, 0.3) is 0 Å². The third-order valence-electron chi connectivity index (χ3n) is 3.97. The second kappa shape index (κ2) is 9.40. The number of amides is 1. The normalized spacial score (nSPS) is 10.4. The van der Waals surface area contributed by atoms with Gasteiger partial charge in [-0.2, -0.15) is 0 Å². The van der Waals surface area contributed by atoms with E-state index in [0.717, 1.165) is 5.56 Å². The zero-order chi connectivity index (χ0) is 19.9. The van der Waals surface area contributed by atoms with Gasteiger partial charge in [0.05, 0.1) is 10.6 Å². The van der Waals surface area contributed by atoms with Gasteiger partial charge in [0.25, 0.3) is 5.91 Å². The van der Waals surface area contributed by atoms with Crippen LogP contribution in [0.3, 0.4) is 0 Å². The number of esters is 1. The van der Waals surface area contributed by atoms with Crippen molar-refractivity contribution in [3.8, 4) is 5.75 Å². The van der Waals surface area contributed by atoms with Gasteiger partial charge in [-0.15, -0.1) is 0 Å². The fourth-order valence-corrected chi connectivity index (χ4v) is 3.01. The molecule has 0 saturated heterocycles. The molecule has 6 heteroatoms. The Balaban J connectivity index is 1.53. The summed E-state index contributed by atoms with van der Waals surface area (Å²) in [5.74, 6) is -0.239. The van der Waals surface area contributed by atoms with Crippen molar-refractivity contribution in [2.75, 3.05) is 5.32 Å². The topological polar surface area (TPSA) is 55.4 Å². The summed E-state index contributed by atoms with van der Waals surface area (Å²) in [5, 5.41) is 3.77. The average Bonchev–Trinajstić information content (AvgIpc) is 2.68. The van der Waals surface area contributed by atoms with Crippen molar-refractivity contribution in [3.05, 3.63) is 94.0 Å². The molecule has 0 fully saturated rings. The predicted molar refractivity (Wildman–Crippen MR) is 111 cm³/mol. The summed E-state index contributed by atoms with van der Waals surface area (Å²) in [6.45, 7) is 0. The molecule has 3 rings (SSSR count). The first kappa shape index (κ1) is 19.9. The summed E-state index contributed by atoms with van der Waals surface area (Å²) in [6.07, 6.45) is 0.788. The Morgan fingerprint density at radius 1 is 0.893 bits per heavy atom. The predicted octanol–water partition coefficient (Wildman–Crippen LogP) is 5.78. The third-order valence-corrected chi connectivity index (χ3v) is 4.53. The molecule has 1 amide bonds. The van der Waals surface area contributed by atoms with Crippen molar-refractivity contribution in [3.63, 3.8) is 0 Å². The van der Waals surface area contributed by atoms with Gasteiger partial charge < -0.3 is 10.1 Å². The molecule has 0 bridgehead atoms. The average molecular weight is 414 g/mol. The maximum absolute atomic E-state index is 12.3. The molecule has 0 aliphatic rings. The first-order valence-corrected chi connectivity index (χ1v) is 9.38. The molecule has 0 aliphatic heterocycles. The Morgan fingerprint density at radius 2 is 1.64 bits per heavy atom. The Kier molecular flexibility index (Phi) is 6.69. The van der Waals surface area contributed by atoms with E-state index < -0.39 is 0 Å². The number of carbonyl (C=O) groups excluding carboxylic acids is 2. The second-order valence-corrected chi connectivity index (χ2v) is 6.91. The molecule has 1 N–H and O–H groups in total. The van der Waals surface area contributed by atoms with E-state index in [1.807, 2.05) is 18.2 Å². The van der Waals surface area contributed by atoms with Crippen molar-refractivity contribution in [2.24, 2.45) is 0 Å². The number of carbonyl (C=O) groups is 2. The van der Waals surface area contributed by atoms with Gasteiger partial charge in [-0.25, -0.2) is 0 Å². The lowest BCUT2D eigenvalue weighted by atomic mass is 10.1. The first-order chi connectivity index (χ1) is 13.5. The number of anilines is 1. The van der Waals surface area contributed by atoms with Gasteiger partial charge in [0.2, 0.25) is 0 Å². The first-order valence-electron chi connectivity index (χ1n) is 8.62. The summed E-state index contributed by atoms with van der Waals surface area (Å²) in [7, 11) is 0. The highest BCUT2D eigenvalue weighted by atomic mass is 35.5. The summed E-state index contributed by atoms with van der Waals surface area (Å²) in [5.41, 5.74) is 1.94. The number of ether oxygens (including phenoxy) is 1. The van der Waals surface area contributed by atoms with Crippen molar-refractivity contribution >= 4 is 40.8 Å². The summed E-state index contributed by atoms with van der Waals surface area (Å²) >= 11 is 12.0. The summed E-state index contributed by atoms with van der Waals surface area (Å²) in [6, 6.07) is 20.7. The Bertz CT molecular complexity index is 987. The number of halogens is 2. The molecule has 0 spiro atoms. The van der Waals surface area contributed by atoms with Crippen LogP contribution in [0.5, 0.6) is 5.75 Å². The molecule has 4 nitrogen and oxygen atoms in total. The Hall–Kier alpha value is -2.82. The molecule has 0 aromatic heterocycles. The van der Waals surface area contributed by atoms with Crippen molar-refractivity contribution in [1.82, 2.24) is 0 Å². The summed E-state index contributed by atoms with van der Waals surface area (Å²) < 4.78 is 5.32. The fourth-order valence-electron chi connectivity index (χ4n) is 2.57. The minimum atomic E-state index is -0.340. The Labute approximate surface area is 173 Å². The Morgan fingerprint density at radius 3 is 2.36 bits per heavy atom. The number of hydrogen-bond donors (Lipinski definition) is 1. The van der Waals surface area contributed by atoms with Crippen LogP contribution in [0.2, 0.25) is 10.0 Å². The van der Waals surface area contributed by atoms with Crippen LogP contribution < -0.4 is 10.1 Å². The fraction of sp³-hybridized carbons (Fsp3) is 0.0909. The van der Waals surface area contributed by atoms with Gasteiger partial charge in [0.15, 0.2) is 0 Å². The maximum Gasteiger partial charge on any atom is 0.311 e. The lowest BCUT2D eigenvalue weighted by molar-refractivity contribution is -0.134. The molecule has 0 aliphatic carbocycles. The van der Waals surface area contributed by atoms with Crippen LogP contribution in [-0.2, 0) is 11.2 Å². The van der Waals surface area contributed by atoms with Crippen LogP contribution in [0.1, 0.15) is 22.3 Å². The molecule has 0 radical (unpaired) electrons. The highest BCUT2D eigenvalue weighted by molar-refractivity contribution is 6.34. The molecule has 3 aromatic rings. The second-order valence-electron chi connectivity index (χ2n) is 6.06. The smallest absolute Gasteiger partial charge is 0.311 e. The molecule has 0 heterocycles. The lowest BCUT2D eigenvalue weighted by Crippen LogP contribution is -2.12. The zero-order valence-corrected chi connectivity index (χ0v) is 16.3. The molecule has 3 aromatic carbocycles. The highest BCUT2D eigenvalue weighted by Gasteiger charge is 2.10. The minimum Gasteiger partial charge on any atom is -0.427 e. The van der Waals surface area contributed by atoms with E-state index >= 15 is 0 Å². The van der Waals surface area contributed by atoms with E-state index in [2.05, 4.69) is 5.32 Å². The molecule has 0 unspecified atom stereocenters. The highest BCUT2D eigenvalue weighted by Crippen LogP contribution is 2.20. The molecule has 28 heavy (non-hydrogen) atoms. The van der Waals surface area contributed by atoms with Crippen molar-refractivity contribution in [1.29, 1.82) is 0 Å². The van der Waals surface area contributed by atoms with E-state index in [1.54, 1.807) is 54.6 Å². The maximum atomic E-state index is 12.3. The van der Waals surface area contributed by atoms with Crippen LogP contribution in [0.4, 0.5) is 5.69 Å². The SMILES string of the molecule is O=C(CCc1cccc(Cl)c1)Oc1ccc(NC(=O)c2ccccc2Cl)cc1. The van der Waals surface area contributed by atoms with E-state index in [1.165, 1.54) is 0 Å².